The fourth-order valence-corrected chi connectivity index (χ4v) is 4.58. The first kappa shape index (κ1) is 26.1. The number of aryl methyl sites for hydroxylation is 1. The number of rotatable bonds is 7. The lowest BCUT2D eigenvalue weighted by molar-refractivity contribution is -0.114. The van der Waals surface area contributed by atoms with E-state index in [2.05, 4.69) is 86.2 Å². The molecule has 0 saturated heterocycles. The average Bonchev–Trinajstić information content (AvgIpc) is 3.41. The molecule has 2 aromatic heterocycles. The highest BCUT2D eigenvalue weighted by atomic mass is 16.5. The Morgan fingerprint density at radius 3 is 2.43 bits per heavy atom. The second kappa shape index (κ2) is 10.2. The van der Waals surface area contributed by atoms with Gasteiger partial charge in [-0.2, -0.15) is 9.61 Å². The predicted octanol–water partition coefficient (Wildman–Crippen LogP) is 4.76. The number of carbonyl (C=O) groups excluding carboxylic acids is 1. The van der Waals surface area contributed by atoms with Crippen LogP contribution in [0.5, 0.6) is 5.75 Å². The molecule has 194 valence electrons. The first-order valence-electron chi connectivity index (χ1n) is 12.7. The monoisotopic (exact) mass is 500 g/mol. The number of hydrogen-bond acceptors (Lipinski definition) is 6. The number of aromatic nitrogens is 4. The number of benzene rings is 2. The Hall–Kier alpha value is -3.94. The lowest BCUT2D eigenvalue weighted by atomic mass is 9.90. The minimum atomic E-state index is -0.221. The van der Waals surface area contributed by atoms with Gasteiger partial charge >= 0.3 is 0 Å². The number of ether oxygens (including phenoxy) is 1. The molecule has 0 bridgehead atoms. The minimum absolute atomic E-state index is 0.150. The second-order valence-corrected chi connectivity index (χ2v) is 10.2. The molecule has 0 spiro atoms. The summed E-state index contributed by atoms with van der Waals surface area (Å²) in [4.78, 5) is 14.0. The molecule has 1 N–H and O–H groups in total. The van der Waals surface area contributed by atoms with Gasteiger partial charge in [0.1, 0.15) is 5.75 Å². The molecule has 0 atom stereocenters. The van der Waals surface area contributed by atoms with Gasteiger partial charge in [0, 0.05) is 42.0 Å². The SMILES string of the molecule is CCN(CC)c1ccc(/C=c2/c(C(C)(C)C)nn3c(-c4cc(NC(C)=O)ccc4OC)nnc23)c(C)c1. The van der Waals surface area contributed by atoms with E-state index in [4.69, 9.17) is 9.84 Å². The molecule has 2 heterocycles. The Morgan fingerprint density at radius 1 is 1.11 bits per heavy atom. The summed E-state index contributed by atoms with van der Waals surface area (Å²) in [6.45, 7) is 16.3. The molecule has 37 heavy (non-hydrogen) atoms. The number of amides is 1. The van der Waals surface area contributed by atoms with Crippen molar-refractivity contribution in [2.75, 3.05) is 30.4 Å². The second-order valence-electron chi connectivity index (χ2n) is 10.2. The van der Waals surface area contributed by atoms with E-state index in [1.54, 1.807) is 17.7 Å². The molecule has 0 aliphatic heterocycles. The normalized spacial score (nSPS) is 12.3. The van der Waals surface area contributed by atoms with Gasteiger partial charge in [-0.25, -0.2) is 0 Å². The standard InChI is InChI=1S/C29H36N6O2/c1-9-34(10-2)22-13-11-20(18(3)15-22)16-24-26(29(5,6)7)33-35-27(31-32-28(24)35)23-17-21(30-19(4)36)12-14-25(23)37-8/h11-17H,9-10H2,1-8H3,(H,30,36)/b24-16-. The molecule has 8 heteroatoms. The highest BCUT2D eigenvalue weighted by molar-refractivity contribution is 5.90. The third kappa shape index (κ3) is 5.14. The molecule has 0 fully saturated rings. The van der Waals surface area contributed by atoms with Crippen LogP contribution in [0.2, 0.25) is 0 Å². The number of nitrogens with zero attached hydrogens (tertiary/aromatic N) is 5. The Labute approximate surface area is 218 Å². The van der Waals surface area contributed by atoms with E-state index in [-0.39, 0.29) is 11.3 Å². The van der Waals surface area contributed by atoms with Crippen LogP contribution in [0.3, 0.4) is 0 Å². The van der Waals surface area contributed by atoms with Crippen LogP contribution in [-0.2, 0) is 10.2 Å². The smallest absolute Gasteiger partial charge is 0.221 e. The molecule has 4 rings (SSSR count). The number of fused-ring (bicyclic) bond motifs is 1. The van der Waals surface area contributed by atoms with Crippen molar-refractivity contribution >= 4 is 29.0 Å². The van der Waals surface area contributed by atoms with Crippen molar-refractivity contribution < 1.29 is 9.53 Å². The largest absolute Gasteiger partial charge is 0.496 e. The van der Waals surface area contributed by atoms with Gasteiger partial charge in [0.2, 0.25) is 5.91 Å². The number of hydrogen-bond donors (Lipinski definition) is 1. The van der Waals surface area contributed by atoms with Gasteiger partial charge in [-0.05, 0) is 68.3 Å². The zero-order chi connectivity index (χ0) is 26.9. The highest BCUT2D eigenvalue weighted by Crippen LogP contribution is 2.32. The fraction of sp³-hybridized carbons (Fsp3) is 0.379. The summed E-state index contributed by atoms with van der Waals surface area (Å²) >= 11 is 0. The summed E-state index contributed by atoms with van der Waals surface area (Å²) in [7, 11) is 1.61. The van der Waals surface area contributed by atoms with Crippen LogP contribution in [0.25, 0.3) is 23.1 Å². The predicted molar refractivity (Wildman–Crippen MR) is 149 cm³/mol. The lowest BCUT2D eigenvalue weighted by Crippen LogP contribution is -2.22. The van der Waals surface area contributed by atoms with Gasteiger partial charge < -0.3 is 15.0 Å². The van der Waals surface area contributed by atoms with E-state index in [1.165, 1.54) is 18.2 Å². The summed E-state index contributed by atoms with van der Waals surface area (Å²) in [5.41, 5.74) is 6.27. The molecule has 0 unspecified atom stereocenters. The van der Waals surface area contributed by atoms with Crippen LogP contribution in [0.15, 0.2) is 36.4 Å². The zero-order valence-corrected chi connectivity index (χ0v) is 23.0. The zero-order valence-electron chi connectivity index (χ0n) is 23.0. The fourth-order valence-electron chi connectivity index (χ4n) is 4.58. The van der Waals surface area contributed by atoms with E-state index in [1.807, 2.05) is 12.1 Å². The third-order valence-electron chi connectivity index (χ3n) is 6.49. The Morgan fingerprint density at radius 2 is 1.84 bits per heavy atom. The maximum Gasteiger partial charge on any atom is 0.221 e. The van der Waals surface area contributed by atoms with Crippen molar-refractivity contribution in [1.29, 1.82) is 0 Å². The molecule has 4 aromatic rings. The number of nitrogens with one attached hydrogen (secondary N) is 1. The third-order valence-corrected chi connectivity index (χ3v) is 6.49. The summed E-state index contributed by atoms with van der Waals surface area (Å²) in [6.07, 6.45) is 2.16. The van der Waals surface area contributed by atoms with Gasteiger partial charge in [0.15, 0.2) is 11.5 Å². The number of carbonyl (C=O) groups is 1. The van der Waals surface area contributed by atoms with Crippen molar-refractivity contribution in [2.24, 2.45) is 0 Å². The maximum absolute atomic E-state index is 11.6. The molecule has 1 amide bonds. The number of methoxy groups -OCH3 is 1. The van der Waals surface area contributed by atoms with Crippen LogP contribution >= 0.6 is 0 Å². The van der Waals surface area contributed by atoms with Crippen molar-refractivity contribution in [1.82, 2.24) is 19.8 Å². The van der Waals surface area contributed by atoms with Crippen molar-refractivity contribution in [3.63, 3.8) is 0 Å². The summed E-state index contributed by atoms with van der Waals surface area (Å²) in [5.74, 6) is 1.03. The van der Waals surface area contributed by atoms with E-state index in [9.17, 15) is 4.79 Å². The van der Waals surface area contributed by atoms with E-state index in [0.717, 1.165) is 29.6 Å². The lowest BCUT2D eigenvalue weighted by Gasteiger charge is -2.22. The van der Waals surface area contributed by atoms with Crippen LogP contribution in [0.4, 0.5) is 11.4 Å². The summed E-state index contributed by atoms with van der Waals surface area (Å²) in [6, 6.07) is 12.0. The number of anilines is 2. The maximum atomic E-state index is 11.6. The topological polar surface area (TPSA) is 84.7 Å². The van der Waals surface area contributed by atoms with Crippen molar-refractivity contribution in [3.05, 3.63) is 58.4 Å². The van der Waals surface area contributed by atoms with Crippen molar-refractivity contribution in [2.45, 2.75) is 53.9 Å². The van der Waals surface area contributed by atoms with E-state index >= 15 is 0 Å². The van der Waals surface area contributed by atoms with E-state index in [0.29, 0.717) is 28.5 Å². The first-order chi connectivity index (χ1) is 17.6. The quantitative estimate of drug-likeness (QED) is 0.394. The summed E-state index contributed by atoms with van der Waals surface area (Å²) < 4.78 is 7.39. The van der Waals surface area contributed by atoms with Gasteiger partial charge in [-0.3, -0.25) is 4.79 Å². The average molecular weight is 501 g/mol. The molecule has 0 saturated carbocycles. The molecule has 0 aliphatic rings. The molecule has 8 nitrogen and oxygen atoms in total. The Kier molecular flexibility index (Phi) is 7.21. The van der Waals surface area contributed by atoms with Crippen LogP contribution in [-0.4, -0.2) is 45.9 Å². The Bertz CT molecular complexity index is 1500. The molecular formula is C29H36N6O2. The van der Waals surface area contributed by atoms with Crippen molar-refractivity contribution in [3.8, 4) is 17.1 Å². The molecule has 0 radical (unpaired) electrons. The van der Waals surface area contributed by atoms with Crippen LogP contribution in [0.1, 0.15) is 58.4 Å². The summed E-state index contributed by atoms with van der Waals surface area (Å²) in [5, 5.41) is 17.8. The van der Waals surface area contributed by atoms with Crippen LogP contribution < -0.4 is 20.2 Å². The van der Waals surface area contributed by atoms with Gasteiger partial charge in [-0.15, -0.1) is 10.2 Å². The molecule has 0 aliphatic carbocycles. The van der Waals surface area contributed by atoms with E-state index < -0.39 is 0 Å². The van der Waals surface area contributed by atoms with Gasteiger partial charge in [0.25, 0.3) is 0 Å². The molecular weight excluding hydrogens is 464 g/mol. The molecule has 2 aromatic carbocycles. The van der Waals surface area contributed by atoms with Crippen LogP contribution in [0, 0.1) is 6.92 Å². The van der Waals surface area contributed by atoms with Gasteiger partial charge in [0.05, 0.1) is 18.4 Å². The minimum Gasteiger partial charge on any atom is -0.496 e. The first-order valence-corrected chi connectivity index (χ1v) is 12.7. The van der Waals surface area contributed by atoms with Gasteiger partial charge in [-0.1, -0.05) is 26.8 Å². The highest BCUT2D eigenvalue weighted by Gasteiger charge is 2.25. The Balaban J connectivity index is 1.92.